The number of anilines is 1. The Bertz CT molecular complexity index is 2380. The second-order valence-electron chi connectivity index (χ2n) is 12.3. The van der Waals surface area contributed by atoms with E-state index in [1.54, 1.807) is 42.6 Å². The van der Waals surface area contributed by atoms with Gasteiger partial charge >= 0.3 is 0 Å². The highest BCUT2D eigenvalue weighted by Crippen LogP contribution is 2.47. The number of benzene rings is 5. The number of aromatic nitrogens is 3. The van der Waals surface area contributed by atoms with Crippen molar-refractivity contribution in [2.45, 2.75) is 42.5 Å². The van der Waals surface area contributed by atoms with Crippen LogP contribution in [-0.4, -0.2) is 34.2 Å². The largest absolute Gasteiger partial charge is 0.392 e. The zero-order valence-electron chi connectivity index (χ0n) is 26.9. The van der Waals surface area contributed by atoms with Crippen LogP contribution >= 0.6 is 0 Å². The van der Waals surface area contributed by atoms with E-state index >= 15 is 0 Å². The van der Waals surface area contributed by atoms with E-state index in [4.69, 9.17) is 9.47 Å². The Morgan fingerprint density at radius 3 is 2.34 bits per heavy atom. The highest BCUT2D eigenvalue weighted by molar-refractivity contribution is 7.93. The van der Waals surface area contributed by atoms with Crippen LogP contribution in [0.2, 0.25) is 0 Å². The molecule has 0 radical (unpaired) electrons. The average molecular weight is 683 g/mol. The summed E-state index contributed by atoms with van der Waals surface area (Å²) in [6.45, 7) is 0.430. The fourth-order valence-electron chi connectivity index (χ4n) is 6.77. The van der Waals surface area contributed by atoms with E-state index in [0.717, 1.165) is 33.1 Å². The molecule has 9 nitrogen and oxygen atoms in total. The third-order valence-corrected chi connectivity index (χ3v) is 10.6. The lowest BCUT2D eigenvalue weighted by molar-refractivity contribution is -0.263. The number of imidazole rings is 1. The lowest BCUT2D eigenvalue weighted by Gasteiger charge is -2.43. The summed E-state index contributed by atoms with van der Waals surface area (Å²) in [5, 5.41) is 10.5. The summed E-state index contributed by atoms with van der Waals surface area (Å²) in [6, 6.07) is 41.8. The fourth-order valence-corrected chi connectivity index (χ4v) is 8.00. The monoisotopic (exact) mass is 682 g/mol. The smallest absolute Gasteiger partial charge is 0.264 e. The number of aliphatic hydroxyl groups is 1. The van der Waals surface area contributed by atoms with Crippen LogP contribution in [0.25, 0.3) is 21.9 Å². The maximum atomic E-state index is 13.7. The van der Waals surface area contributed by atoms with Crippen molar-refractivity contribution >= 4 is 37.6 Å². The molecule has 0 bridgehead atoms. The molecule has 0 spiro atoms. The Balaban J connectivity index is 1.18. The van der Waals surface area contributed by atoms with E-state index < -0.39 is 22.4 Å². The number of para-hydroxylation sites is 3. The molecule has 5 aromatic carbocycles. The molecule has 2 aromatic heterocycles. The number of ether oxygens (including phenoxy) is 2. The van der Waals surface area contributed by atoms with Gasteiger partial charge in [-0.05, 0) is 53.1 Å². The van der Waals surface area contributed by atoms with Gasteiger partial charge < -0.3 is 19.1 Å². The molecular weight excluding hydrogens is 649 g/mol. The molecule has 10 heteroatoms. The Hall–Kier alpha value is -5.39. The van der Waals surface area contributed by atoms with Gasteiger partial charge in [-0.25, -0.2) is 13.4 Å². The number of fused-ring (bicyclic) bond motifs is 2. The number of nitrogens with one attached hydrogen (secondary N) is 1. The SMILES string of the molecule is O=S(=O)(Nc1cccc(C2OC(Cn3cnc4ccccc43)C(c3ccccc3)C(c3ccc(CO)cc3)O2)c1)c1cccc2cccnc12. The quantitative estimate of drug-likeness (QED) is 0.162. The van der Waals surface area contributed by atoms with E-state index in [1.807, 2.05) is 91.3 Å². The van der Waals surface area contributed by atoms with Crippen LogP contribution in [0.1, 0.15) is 40.6 Å². The van der Waals surface area contributed by atoms with Crippen LogP contribution in [0, 0.1) is 0 Å². The molecule has 0 amide bonds. The van der Waals surface area contributed by atoms with Gasteiger partial charge in [0.05, 0.1) is 48.2 Å². The van der Waals surface area contributed by atoms with Crippen molar-refractivity contribution in [2.24, 2.45) is 0 Å². The topological polar surface area (TPSA) is 116 Å². The molecule has 250 valence electrons. The summed E-state index contributed by atoms with van der Waals surface area (Å²) in [5.74, 6) is -0.214. The minimum absolute atomic E-state index is 0.0620. The maximum Gasteiger partial charge on any atom is 0.264 e. The molecule has 1 aliphatic heterocycles. The minimum atomic E-state index is -3.98. The van der Waals surface area contributed by atoms with Gasteiger partial charge in [-0.1, -0.05) is 97.1 Å². The molecule has 50 heavy (non-hydrogen) atoms. The predicted molar refractivity (Wildman–Crippen MR) is 192 cm³/mol. The zero-order valence-corrected chi connectivity index (χ0v) is 27.7. The maximum absolute atomic E-state index is 13.7. The van der Waals surface area contributed by atoms with Crippen molar-refractivity contribution in [3.05, 3.63) is 168 Å². The molecule has 0 aliphatic carbocycles. The first-order chi connectivity index (χ1) is 24.5. The van der Waals surface area contributed by atoms with Crippen LogP contribution in [0.4, 0.5) is 5.69 Å². The fraction of sp³-hybridized carbons (Fsp3) is 0.150. The average Bonchev–Trinajstić information content (AvgIpc) is 3.57. The van der Waals surface area contributed by atoms with Crippen LogP contribution in [0.15, 0.2) is 151 Å². The summed E-state index contributed by atoms with van der Waals surface area (Å²) in [5.41, 5.74) is 6.11. The molecule has 4 atom stereocenters. The first kappa shape index (κ1) is 31.9. The lowest BCUT2D eigenvalue weighted by atomic mass is 9.83. The van der Waals surface area contributed by atoms with E-state index in [-0.39, 0.29) is 23.5 Å². The van der Waals surface area contributed by atoms with Gasteiger partial charge in [0.25, 0.3) is 10.0 Å². The Labute approximate surface area is 289 Å². The van der Waals surface area contributed by atoms with E-state index in [9.17, 15) is 13.5 Å². The minimum Gasteiger partial charge on any atom is -0.392 e. The first-order valence-corrected chi connectivity index (χ1v) is 17.9. The molecule has 8 rings (SSSR count). The highest BCUT2D eigenvalue weighted by atomic mass is 32.2. The van der Waals surface area contributed by atoms with E-state index in [0.29, 0.717) is 23.3 Å². The summed E-state index contributed by atoms with van der Waals surface area (Å²) in [6.07, 6.45) is 1.77. The third kappa shape index (κ3) is 6.25. The molecule has 3 heterocycles. The van der Waals surface area contributed by atoms with Gasteiger partial charge in [-0.3, -0.25) is 9.71 Å². The van der Waals surface area contributed by atoms with Crippen molar-refractivity contribution < 1.29 is 23.0 Å². The van der Waals surface area contributed by atoms with Crippen molar-refractivity contribution in [1.82, 2.24) is 14.5 Å². The third-order valence-electron chi connectivity index (χ3n) is 9.17. The number of hydrogen-bond donors (Lipinski definition) is 2. The molecule has 1 saturated heterocycles. The van der Waals surface area contributed by atoms with Gasteiger partial charge in [0.15, 0.2) is 6.29 Å². The van der Waals surface area contributed by atoms with Crippen LogP contribution in [0.3, 0.4) is 0 Å². The summed E-state index contributed by atoms with van der Waals surface area (Å²) >= 11 is 0. The molecule has 1 aliphatic rings. The highest BCUT2D eigenvalue weighted by Gasteiger charge is 2.42. The second-order valence-corrected chi connectivity index (χ2v) is 14.0. The normalized spacial score (nSPS) is 19.5. The van der Waals surface area contributed by atoms with E-state index in [1.165, 1.54) is 0 Å². The standard InChI is InChI=1S/C40H34N4O5S/c45-25-27-18-20-30(21-19-27)39-37(28-9-2-1-3-10-28)35(24-44-26-42-33-15-4-5-16-34(33)44)48-40(49-39)31-12-6-14-32(23-31)43-50(46,47)36-17-7-11-29-13-8-22-41-38(29)36/h1-23,26,35,37,39-40,43,45H,24-25H2. The van der Waals surface area contributed by atoms with Crippen molar-refractivity contribution in [3.8, 4) is 0 Å². The zero-order chi connectivity index (χ0) is 34.1. The summed E-state index contributed by atoms with van der Waals surface area (Å²) < 4.78 is 46.0. The molecule has 7 aromatic rings. The Kier molecular flexibility index (Phi) is 8.59. The van der Waals surface area contributed by atoms with Crippen LogP contribution in [-0.2, 0) is 32.6 Å². The predicted octanol–water partition coefficient (Wildman–Crippen LogP) is 7.52. The number of nitrogens with zero attached hydrogens (tertiary/aromatic N) is 3. The first-order valence-electron chi connectivity index (χ1n) is 16.4. The lowest BCUT2D eigenvalue weighted by Crippen LogP contribution is -2.39. The summed E-state index contributed by atoms with van der Waals surface area (Å²) in [4.78, 5) is 9.06. The summed E-state index contributed by atoms with van der Waals surface area (Å²) in [7, 11) is -3.98. The molecule has 0 saturated carbocycles. The van der Waals surface area contributed by atoms with Gasteiger partial charge in [0.2, 0.25) is 0 Å². The number of aliphatic hydroxyl groups excluding tert-OH is 1. The molecule has 1 fully saturated rings. The number of hydrogen-bond acceptors (Lipinski definition) is 7. The molecule has 4 unspecified atom stereocenters. The molecule has 2 N–H and O–H groups in total. The number of pyridine rings is 1. The van der Waals surface area contributed by atoms with Crippen molar-refractivity contribution in [2.75, 3.05) is 4.72 Å². The number of rotatable bonds is 9. The Morgan fingerprint density at radius 1 is 0.740 bits per heavy atom. The Morgan fingerprint density at radius 2 is 1.50 bits per heavy atom. The molecular formula is C40H34N4O5S. The second kappa shape index (κ2) is 13.5. The van der Waals surface area contributed by atoms with Crippen LogP contribution in [0.5, 0.6) is 0 Å². The number of sulfonamides is 1. The van der Waals surface area contributed by atoms with Crippen molar-refractivity contribution in [1.29, 1.82) is 0 Å². The van der Waals surface area contributed by atoms with Crippen LogP contribution < -0.4 is 4.72 Å². The van der Waals surface area contributed by atoms with Gasteiger partial charge in [-0.2, -0.15) is 0 Å². The van der Waals surface area contributed by atoms with Gasteiger partial charge in [0.1, 0.15) is 4.90 Å². The van der Waals surface area contributed by atoms with E-state index in [2.05, 4.69) is 31.4 Å². The van der Waals surface area contributed by atoms with Gasteiger partial charge in [-0.15, -0.1) is 0 Å². The van der Waals surface area contributed by atoms with Crippen molar-refractivity contribution in [3.63, 3.8) is 0 Å². The van der Waals surface area contributed by atoms with Gasteiger partial charge in [0, 0.05) is 28.8 Å².